The Balaban J connectivity index is 1.83. The largest absolute Gasteiger partial charge is 0.513 e. The molecular weight excluding hydrogens is 372 g/mol. The molecule has 0 aliphatic heterocycles. The predicted molar refractivity (Wildman–Crippen MR) is 99.1 cm³/mol. The van der Waals surface area contributed by atoms with E-state index in [0.717, 1.165) is 0 Å². The van der Waals surface area contributed by atoms with E-state index in [1.807, 2.05) is 0 Å². The van der Waals surface area contributed by atoms with Gasteiger partial charge < -0.3 is 14.2 Å². The van der Waals surface area contributed by atoms with E-state index in [-0.39, 0.29) is 30.3 Å². The number of benzene rings is 2. The van der Waals surface area contributed by atoms with Gasteiger partial charge in [0.15, 0.2) is 5.78 Å². The fraction of sp³-hybridized carbons (Fsp3) is 0.150. The van der Waals surface area contributed by atoms with Crippen molar-refractivity contribution in [2.24, 2.45) is 0 Å². The monoisotopic (exact) mass is 388 g/mol. The summed E-state index contributed by atoms with van der Waals surface area (Å²) in [4.78, 5) is 35.1. The van der Waals surface area contributed by atoms with Crippen LogP contribution in [0, 0.1) is 0 Å². The van der Waals surface area contributed by atoms with E-state index in [1.165, 1.54) is 31.2 Å². The van der Waals surface area contributed by atoms with E-state index >= 15 is 0 Å². The normalized spacial score (nSPS) is 10.0. The van der Waals surface area contributed by atoms with Crippen LogP contribution in [0.5, 0.6) is 5.75 Å². The van der Waals surface area contributed by atoms with Crippen molar-refractivity contribution in [3.8, 4) is 5.75 Å². The quantitative estimate of drug-likeness (QED) is 0.232. The van der Waals surface area contributed by atoms with Gasteiger partial charge in [-0.25, -0.2) is 9.59 Å². The molecule has 0 unspecified atom stereocenters. The molecule has 2 rings (SSSR count). The molecule has 0 saturated carbocycles. The van der Waals surface area contributed by atoms with E-state index in [0.29, 0.717) is 16.1 Å². The lowest BCUT2D eigenvalue weighted by atomic mass is 10.0. The highest BCUT2D eigenvalue weighted by molar-refractivity contribution is 6.30. The smallest absolute Gasteiger partial charge is 0.459 e. The molecule has 6 nitrogen and oxygen atoms in total. The lowest BCUT2D eigenvalue weighted by Crippen LogP contribution is -2.16. The maximum Gasteiger partial charge on any atom is 0.513 e. The Hall–Kier alpha value is -3.12. The average molecular weight is 389 g/mol. The van der Waals surface area contributed by atoms with Crippen molar-refractivity contribution >= 4 is 29.5 Å². The molecule has 0 spiro atoms. The first-order chi connectivity index (χ1) is 12.9. The third-order valence-electron chi connectivity index (χ3n) is 3.31. The van der Waals surface area contributed by atoms with E-state index < -0.39 is 12.1 Å². The van der Waals surface area contributed by atoms with Gasteiger partial charge in [0.2, 0.25) is 0 Å². The van der Waals surface area contributed by atoms with Crippen LogP contribution in [-0.4, -0.2) is 31.1 Å². The van der Waals surface area contributed by atoms with E-state index in [1.54, 1.807) is 24.3 Å². The van der Waals surface area contributed by atoms with Crippen LogP contribution >= 0.6 is 11.6 Å². The van der Waals surface area contributed by atoms with Gasteiger partial charge in [0.1, 0.15) is 19.0 Å². The van der Waals surface area contributed by atoms with Crippen molar-refractivity contribution < 1.29 is 28.6 Å². The van der Waals surface area contributed by atoms with Gasteiger partial charge in [-0.05, 0) is 55.5 Å². The summed E-state index contributed by atoms with van der Waals surface area (Å²) in [6.45, 7) is 4.69. The number of carbonyl (C=O) groups is 3. The van der Waals surface area contributed by atoms with Gasteiger partial charge in [0.05, 0.1) is 0 Å². The topological polar surface area (TPSA) is 78.9 Å². The molecule has 0 radical (unpaired) electrons. The molecule has 0 N–H and O–H groups in total. The lowest BCUT2D eigenvalue weighted by molar-refractivity contribution is -0.140. The molecule has 0 atom stereocenters. The molecule has 0 heterocycles. The van der Waals surface area contributed by atoms with Crippen molar-refractivity contribution in [3.05, 3.63) is 76.8 Å². The van der Waals surface area contributed by atoms with Crippen LogP contribution in [0.3, 0.4) is 0 Å². The number of hydrogen-bond donors (Lipinski definition) is 0. The van der Waals surface area contributed by atoms with Crippen molar-refractivity contribution in [1.82, 2.24) is 0 Å². The lowest BCUT2D eigenvalue weighted by Gasteiger charge is -2.07. The van der Waals surface area contributed by atoms with Gasteiger partial charge in [-0.2, -0.15) is 0 Å². The molecule has 2 aromatic carbocycles. The van der Waals surface area contributed by atoms with Crippen LogP contribution in [0.2, 0.25) is 5.02 Å². The van der Waals surface area contributed by atoms with Crippen molar-refractivity contribution in [2.45, 2.75) is 6.92 Å². The first-order valence-electron chi connectivity index (χ1n) is 7.94. The summed E-state index contributed by atoms with van der Waals surface area (Å²) in [6, 6.07) is 12.6. The van der Waals surface area contributed by atoms with Gasteiger partial charge >= 0.3 is 12.1 Å². The first-order valence-corrected chi connectivity index (χ1v) is 8.32. The highest BCUT2D eigenvalue weighted by Crippen LogP contribution is 2.17. The van der Waals surface area contributed by atoms with Crippen molar-refractivity contribution in [2.75, 3.05) is 13.2 Å². The first kappa shape index (κ1) is 20.2. The summed E-state index contributed by atoms with van der Waals surface area (Å²) in [7, 11) is 0. The van der Waals surface area contributed by atoms with Crippen LogP contribution in [-0.2, 0) is 14.3 Å². The number of ether oxygens (including phenoxy) is 3. The molecule has 7 heteroatoms. The molecule has 27 heavy (non-hydrogen) atoms. The van der Waals surface area contributed by atoms with Crippen LogP contribution in [0.15, 0.2) is 60.7 Å². The Labute approximate surface area is 161 Å². The van der Waals surface area contributed by atoms with Crippen molar-refractivity contribution in [3.63, 3.8) is 0 Å². The molecule has 0 aliphatic carbocycles. The average Bonchev–Trinajstić information content (AvgIpc) is 2.65. The summed E-state index contributed by atoms with van der Waals surface area (Å²) < 4.78 is 14.5. The minimum atomic E-state index is -0.946. The molecule has 0 bridgehead atoms. The molecule has 0 aromatic heterocycles. The predicted octanol–water partition coefficient (Wildman–Crippen LogP) is 4.21. The number of ketones is 1. The summed E-state index contributed by atoms with van der Waals surface area (Å²) in [5, 5.41) is 0.545. The van der Waals surface area contributed by atoms with Gasteiger partial charge in [-0.15, -0.1) is 0 Å². The third kappa shape index (κ3) is 6.27. The zero-order valence-electron chi connectivity index (χ0n) is 14.6. The van der Waals surface area contributed by atoms with Crippen molar-refractivity contribution in [1.29, 1.82) is 0 Å². The van der Waals surface area contributed by atoms with Crippen LogP contribution in [0.25, 0.3) is 0 Å². The summed E-state index contributed by atoms with van der Waals surface area (Å²) in [5.74, 6) is -0.528. The van der Waals surface area contributed by atoms with Crippen LogP contribution in [0.4, 0.5) is 4.79 Å². The Morgan fingerprint density at radius 3 is 1.96 bits per heavy atom. The van der Waals surface area contributed by atoms with Gasteiger partial charge in [0, 0.05) is 21.7 Å². The van der Waals surface area contributed by atoms with E-state index in [2.05, 4.69) is 6.58 Å². The Kier molecular flexibility index (Phi) is 7.14. The van der Waals surface area contributed by atoms with Crippen LogP contribution < -0.4 is 4.74 Å². The summed E-state index contributed by atoms with van der Waals surface area (Å²) in [5.41, 5.74) is 1.19. The molecule has 0 fully saturated rings. The standard InChI is InChI=1S/C20H17ClO6/c1-13(2)19(23)25-11-12-26-20(24)27-17-9-5-15(6-10-17)18(22)14-3-7-16(21)8-4-14/h3-10H,1,11-12H2,2H3. The minimum Gasteiger partial charge on any atom is -0.459 e. The Bertz CT molecular complexity index is 840. The number of rotatable bonds is 7. The summed E-state index contributed by atoms with van der Waals surface area (Å²) >= 11 is 5.81. The van der Waals surface area contributed by atoms with Gasteiger partial charge in [-0.3, -0.25) is 4.79 Å². The number of halogens is 1. The van der Waals surface area contributed by atoms with Gasteiger partial charge in [-0.1, -0.05) is 18.2 Å². The summed E-state index contributed by atoms with van der Waals surface area (Å²) in [6.07, 6.45) is -0.946. The molecule has 0 saturated heterocycles. The zero-order chi connectivity index (χ0) is 19.8. The fourth-order valence-electron chi connectivity index (χ4n) is 1.95. The third-order valence-corrected chi connectivity index (χ3v) is 3.56. The highest BCUT2D eigenvalue weighted by Gasteiger charge is 2.11. The molecule has 2 aromatic rings. The maximum absolute atomic E-state index is 12.3. The Morgan fingerprint density at radius 2 is 1.41 bits per heavy atom. The minimum absolute atomic E-state index is 0.102. The molecule has 140 valence electrons. The van der Waals surface area contributed by atoms with Gasteiger partial charge in [0.25, 0.3) is 0 Å². The second-order valence-electron chi connectivity index (χ2n) is 5.48. The Morgan fingerprint density at radius 1 is 0.889 bits per heavy atom. The number of carbonyl (C=O) groups excluding carboxylic acids is 3. The highest BCUT2D eigenvalue weighted by atomic mass is 35.5. The molecular formula is C20H17ClO6. The molecule has 0 amide bonds. The SMILES string of the molecule is C=C(C)C(=O)OCCOC(=O)Oc1ccc(C(=O)c2ccc(Cl)cc2)cc1. The second kappa shape index (κ2) is 9.54. The zero-order valence-corrected chi connectivity index (χ0v) is 15.3. The van der Waals surface area contributed by atoms with Crippen LogP contribution in [0.1, 0.15) is 22.8 Å². The fourth-order valence-corrected chi connectivity index (χ4v) is 2.08. The maximum atomic E-state index is 12.3. The number of esters is 1. The van der Waals surface area contributed by atoms with E-state index in [9.17, 15) is 14.4 Å². The number of hydrogen-bond acceptors (Lipinski definition) is 6. The van der Waals surface area contributed by atoms with E-state index in [4.69, 9.17) is 25.8 Å². The second-order valence-corrected chi connectivity index (χ2v) is 5.91. The molecule has 0 aliphatic rings.